The van der Waals surface area contributed by atoms with Gasteiger partial charge in [-0.15, -0.1) is 0 Å². The Morgan fingerprint density at radius 3 is 0.845 bits per heavy atom. The molecule has 0 saturated heterocycles. The quantitative estimate of drug-likeness (QED) is 0.0308. The van der Waals surface area contributed by atoms with Crippen LogP contribution in [0.1, 0.15) is 367 Å². The number of aliphatic hydroxyl groups excluding tert-OH is 4. The van der Waals surface area contributed by atoms with Crippen molar-refractivity contribution >= 4 is 5.91 Å². The van der Waals surface area contributed by atoms with Crippen molar-refractivity contribution in [3.05, 3.63) is 12.2 Å². The van der Waals surface area contributed by atoms with Crippen LogP contribution in [0.2, 0.25) is 0 Å². The van der Waals surface area contributed by atoms with Crippen molar-refractivity contribution in [1.29, 1.82) is 0 Å². The summed E-state index contributed by atoms with van der Waals surface area (Å²) in [6, 6.07) is -1.000. The fraction of sp³-hybridized carbons (Fsp3) is 0.954. The topological polar surface area (TPSA) is 110 Å². The van der Waals surface area contributed by atoms with Crippen LogP contribution in [0.15, 0.2) is 12.2 Å². The summed E-state index contributed by atoms with van der Waals surface area (Å²) < 4.78 is 0. The van der Waals surface area contributed by atoms with Gasteiger partial charge < -0.3 is 25.7 Å². The van der Waals surface area contributed by atoms with Gasteiger partial charge in [-0.3, -0.25) is 4.79 Å². The van der Waals surface area contributed by atoms with Crippen LogP contribution in [0.5, 0.6) is 0 Å². The highest BCUT2D eigenvalue weighted by atomic mass is 16.3. The third-order valence-electron chi connectivity index (χ3n) is 15.7. The standard InChI is InChI=1S/C65H129NO5/c1-3-5-7-9-11-13-15-17-19-21-23-25-27-29-30-31-32-33-35-37-39-41-43-45-47-49-51-53-55-57-59-63(69)65(71)66-61(60-67)64(70)62(68)58-56-54-52-50-48-46-44-42-40-38-36-34-28-26-24-22-20-18-16-14-12-10-8-6-4-2/h50,52,61-64,67-70H,3-49,51,53-60H2,1-2H3,(H,66,71)/b52-50+. The van der Waals surface area contributed by atoms with E-state index in [0.29, 0.717) is 12.8 Å². The molecule has 4 unspecified atom stereocenters. The van der Waals surface area contributed by atoms with E-state index >= 15 is 0 Å². The van der Waals surface area contributed by atoms with E-state index in [1.165, 1.54) is 302 Å². The molecule has 0 fully saturated rings. The molecule has 0 saturated carbocycles. The summed E-state index contributed by atoms with van der Waals surface area (Å²) in [6.07, 6.45) is 73.2. The zero-order chi connectivity index (χ0) is 51.6. The number of carbonyl (C=O) groups excluding carboxylic acids is 1. The molecule has 0 radical (unpaired) electrons. The Balaban J connectivity index is 3.56. The lowest BCUT2D eigenvalue weighted by atomic mass is 10.00. The Morgan fingerprint density at radius 2 is 0.577 bits per heavy atom. The van der Waals surface area contributed by atoms with Gasteiger partial charge in [0.05, 0.1) is 18.8 Å². The Labute approximate surface area is 444 Å². The molecule has 0 spiro atoms. The summed E-state index contributed by atoms with van der Waals surface area (Å²) in [5.41, 5.74) is 0. The number of hydrogen-bond acceptors (Lipinski definition) is 5. The number of unbranched alkanes of at least 4 members (excludes halogenated alkanes) is 50. The van der Waals surface area contributed by atoms with Gasteiger partial charge in [0, 0.05) is 0 Å². The highest BCUT2D eigenvalue weighted by Crippen LogP contribution is 2.19. The van der Waals surface area contributed by atoms with Crippen LogP contribution in [-0.4, -0.2) is 57.3 Å². The van der Waals surface area contributed by atoms with E-state index in [4.69, 9.17) is 0 Å². The van der Waals surface area contributed by atoms with Gasteiger partial charge in [-0.2, -0.15) is 0 Å². The third kappa shape index (κ3) is 53.7. The maximum Gasteiger partial charge on any atom is 0.249 e. The Bertz CT molecular complexity index is 1040. The first-order valence-electron chi connectivity index (χ1n) is 32.6. The molecule has 5 N–H and O–H groups in total. The van der Waals surface area contributed by atoms with Crippen LogP contribution < -0.4 is 5.32 Å². The number of nitrogens with one attached hydrogen (secondary N) is 1. The smallest absolute Gasteiger partial charge is 0.249 e. The summed E-state index contributed by atoms with van der Waals surface area (Å²) in [4.78, 5) is 12.6. The second-order valence-corrected chi connectivity index (χ2v) is 22.8. The van der Waals surface area contributed by atoms with Crippen LogP contribution in [0.3, 0.4) is 0 Å². The lowest BCUT2D eigenvalue weighted by molar-refractivity contribution is -0.132. The van der Waals surface area contributed by atoms with Crippen molar-refractivity contribution in [2.75, 3.05) is 6.61 Å². The minimum Gasteiger partial charge on any atom is -0.394 e. The van der Waals surface area contributed by atoms with Crippen molar-refractivity contribution in [1.82, 2.24) is 5.32 Å². The molecule has 1 amide bonds. The van der Waals surface area contributed by atoms with Gasteiger partial charge in [0.15, 0.2) is 0 Å². The zero-order valence-corrected chi connectivity index (χ0v) is 48.3. The maximum atomic E-state index is 12.6. The van der Waals surface area contributed by atoms with Crippen molar-refractivity contribution < 1.29 is 25.2 Å². The summed E-state index contributed by atoms with van der Waals surface area (Å²) in [5.74, 6) is -0.585. The average Bonchev–Trinajstić information content (AvgIpc) is 3.38. The largest absolute Gasteiger partial charge is 0.394 e. The molecule has 0 aliphatic heterocycles. The van der Waals surface area contributed by atoms with E-state index in [-0.39, 0.29) is 0 Å². The van der Waals surface area contributed by atoms with Crippen LogP contribution in [-0.2, 0) is 4.79 Å². The lowest BCUT2D eigenvalue weighted by Gasteiger charge is -2.27. The SMILES string of the molecule is CCCCCCCCCCCCCCCCCCCCCC/C=C/CCCC(O)C(O)C(CO)NC(=O)C(O)CCCCCCCCCCCCCCCCCCCCCCCCCCCCCCCC. The predicted molar refractivity (Wildman–Crippen MR) is 311 cm³/mol. The molecular formula is C65H129NO5. The third-order valence-corrected chi connectivity index (χ3v) is 15.7. The van der Waals surface area contributed by atoms with Crippen molar-refractivity contribution in [3.8, 4) is 0 Å². The van der Waals surface area contributed by atoms with Crippen LogP contribution >= 0.6 is 0 Å². The van der Waals surface area contributed by atoms with Gasteiger partial charge in [-0.1, -0.05) is 341 Å². The molecule has 0 aromatic carbocycles. The number of aliphatic hydroxyl groups is 4. The van der Waals surface area contributed by atoms with Crippen LogP contribution in [0, 0.1) is 0 Å². The maximum absolute atomic E-state index is 12.6. The molecule has 6 heteroatoms. The molecule has 0 aliphatic rings. The molecule has 424 valence electrons. The number of amides is 1. The average molecular weight is 1000 g/mol. The molecule has 0 aromatic heterocycles. The van der Waals surface area contributed by atoms with Crippen LogP contribution in [0.4, 0.5) is 0 Å². The first kappa shape index (κ1) is 70.1. The fourth-order valence-electron chi connectivity index (χ4n) is 10.6. The monoisotopic (exact) mass is 1000 g/mol. The Hall–Kier alpha value is -0.950. The molecule has 0 rings (SSSR count). The lowest BCUT2D eigenvalue weighted by Crippen LogP contribution is -2.53. The summed E-state index contributed by atoms with van der Waals surface area (Å²) in [5, 5.41) is 44.1. The molecule has 6 nitrogen and oxygen atoms in total. The predicted octanol–water partition coefficient (Wildman–Crippen LogP) is 19.6. The minimum atomic E-state index is -1.28. The van der Waals surface area contributed by atoms with Crippen molar-refractivity contribution in [2.24, 2.45) is 0 Å². The molecule has 0 aliphatic carbocycles. The second-order valence-electron chi connectivity index (χ2n) is 22.8. The summed E-state index contributed by atoms with van der Waals surface area (Å²) in [6.45, 7) is 4.10. The van der Waals surface area contributed by atoms with Gasteiger partial charge in [0.2, 0.25) is 5.91 Å². The van der Waals surface area contributed by atoms with Crippen molar-refractivity contribution in [2.45, 2.75) is 391 Å². The highest BCUT2D eigenvalue weighted by Gasteiger charge is 2.28. The van der Waals surface area contributed by atoms with E-state index in [1.807, 2.05) is 0 Å². The summed E-state index contributed by atoms with van der Waals surface area (Å²) >= 11 is 0. The number of allylic oxidation sites excluding steroid dienone is 2. The number of rotatable bonds is 61. The van der Waals surface area contributed by atoms with Gasteiger partial charge in [0.25, 0.3) is 0 Å². The first-order chi connectivity index (χ1) is 35.0. The van der Waals surface area contributed by atoms with E-state index in [0.717, 1.165) is 38.5 Å². The molecule has 0 aromatic rings. The zero-order valence-electron chi connectivity index (χ0n) is 48.3. The molecule has 0 bridgehead atoms. The van der Waals surface area contributed by atoms with E-state index in [1.54, 1.807) is 0 Å². The van der Waals surface area contributed by atoms with Crippen LogP contribution in [0.25, 0.3) is 0 Å². The Kier molecular flexibility index (Phi) is 59.1. The number of carbonyl (C=O) groups is 1. The van der Waals surface area contributed by atoms with Gasteiger partial charge >= 0.3 is 0 Å². The van der Waals surface area contributed by atoms with Gasteiger partial charge in [0.1, 0.15) is 12.2 Å². The van der Waals surface area contributed by atoms with E-state index in [2.05, 4.69) is 31.3 Å². The van der Waals surface area contributed by atoms with E-state index in [9.17, 15) is 25.2 Å². The molecular weight excluding hydrogens is 875 g/mol. The second kappa shape index (κ2) is 59.9. The van der Waals surface area contributed by atoms with Crippen molar-refractivity contribution in [3.63, 3.8) is 0 Å². The number of hydrogen-bond donors (Lipinski definition) is 5. The van der Waals surface area contributed by atoms with Gasteiger partial charge in [-0.25, -0.2) is 0 Å². The minimum absolute atomic E-state index is 0.369. The first-order valence-corrected chi connectivity index (χ1v) is 32.6. The normalized spacial score (nSPS) is 13.6. The molecule has 4 atom stereocenters. The molecule has 0 heterocycles. The fourth-order valence-corrected chi connectivity index (χ4v) is 10.6. The highest BCUT2D eigenvalue weighted by molar-refractivity contribution is 5.80. The Morgan fingerprint density at radius 1 is 0.338 bits per heavy atom. The van der Waals surface area contributed by atoms with Gasteiger partial charge in [-0.05, 0) is 38.5 Å². The van der Waals surface area contributed by atoms with E-state index < -0.39 is 36.9 Å². The summed E-state index contributed by atoms with van der Waals surface area (Å²) in [7, 11) is 0. The molecule has 71 heavy (non-hydrogen) atoms.